The van der Waals surface area contributed by atoms with Crippen LogP contribution in [0.25, 0.3) is 0 Å². The molecule has 0 spiro atoms. The van der Waals surface area contributed by atoms with Gasteiger partial charge in [0.25, 0.3) is 11.5 Å². The van der Waals surface area contributed by atoms with Gasteiger partial charge < -0.3 is 19.3 Å². The number of hydrogen-bond acceptors (Lipinski definition) is 7. The first-order valence-electron chi connectivity index (χ1n) is 5.04. The van der Waals surface area contributed by atoms with E-state index in [4.69, 9.17) is 9.47 Å². The molecule has 18 heavy (non-hydrogen) atoms. The maximum absolute atomic E-state index is 12.0. The number of rotatable bonds is 3. The van der Waals surface area contributed by atoms with Gasteiger partial charge in [-0.2, -0.15) is 0 Å². The molecule has 0 bridgehead atoms. The van der Waals surface area contributed by atoms with Crippen LogP contribution in [0, 0.1) is 0 Å². The molecule has 0 aromatic rings. The first kappa shape index (κ1) is 14.6. The topological polar surface area (TPSA) is 102 Å². The average Bonchev–Trinajstić information content (AvgIpc) is 2.60. The zero-order valence-electron chi connectivity index (χ0n) is 10.6. The molecule has 0 aliphatic carbocycles. The number of methoxy groups -OCH3 is 3. The number of nitrogens with zero attached hydrogens (tertiary/aromatic N) is 1. The second-order valence-corrected chi connectivity index (χ2v) is 3.77. The highest BCUT2D eigenvalue weighted by atomic mass is 16.7. The molecule has 1 heterocycles. The fourth-order valence-corrected chi connectivity index (χ4v) is 1.91. The summed E-state index contributed by atoms with van der Waals surface area (Å²) in [6, 6.07) is 0. The summed E-state index contributed by atoms with van der Waals surface area (Å²) in [5.74, 6) is -5.01. The smallest absolute Gasteiger partial charge is 0.353 e. The molecular weight excluding hydrogens is 246 g/mol. The van der Waals surface area contributed by atoms with E-state index in [1.165, 1.54) is 0 Å². The predicted octanol–water partition coefficient (Wildman–Crippen LogP) is -1.73. The van der Waals surface area contributed by atoms with Crippen LogP contribution in [-0.2, 0) is 28.6 Å². The van der Waals surface area contributed by atoms with Gasteiger partial charge in [-0.05, 0) is 0 Å². The molecule has 1 unspecified atom stereocenters. The van der Waals surface area contributed by atoms with Crippen LogP contribution in [0.2, 0.25) is 0 Å². The maximum atomic E-state index is 12.0. The maximum Gasteiger partial charge on any atom is 0.353 e. The van der Waals surface area contributed by atoms with Crippen molar-refractivity contribution in [3.8, 4) is 0 Å². The number of likely N-dealkylation sites (tertiary alicyclic amines) is 1. The summed E-state index contributed by atoms with van der Waals surface area (Å²) in [4.78, 5) is 35.6. The quantitative estimate of drug-likeness (QED) is 0.366. The van der Waals surface area contributed by atoms with E-state index in [0.717, 1.165) is 28.3 Å². The predicted molar refractivity (Wildman–Crippen MR) is 56.1 cm³/mol. The van der Waals surface area contributed by atoms with Crippen LogP contribution in [0.4, 0.5) is 0 Å². The van der Waals surface area contributed by atoms with Crippen molar-refractivity contribution < 1.29 is 33.7 Å². The summed E-state index contributed by atoms with van der Waals surface area (Å²) in [5.41, 5.74) is -2.71. The molecule has 1 fully saturated rings. The number of aliphatic hydroxyl groups is 1. The van der Waals surface area contributed by atoms with Crippen molar-refractivity contribution in [1.29, 1.82) is 0 Å². The minimum atomic E-state index is -2.71. The highest BCUT2D eigenvalue weighted by molar-refractivity contribution is 6.14. The number of carbonyl (C=O) groups is 3. The molecule has 1 atom stereocenters. The normalized spacial score (nSPS) is 26.3. The fourth-order valence-electron chi connectivity index (χ4n) is 1.91. The lowest BCUT2D eigenvalue weighted by molar-refractivity contribution is -0.272. The number of imide groups is 1. The van der Waals surface area contributed by atoms with E-state index in [2.05, 4.69) is 4.74 Å². The Morgan fingerprint density at radius 2 is 1.78 bits per heavy atom. The third kappa shape index (κ3) is 1.61. The van der Waals surface area contributed by atoms with Crippen molar-refractivity contribution >= 4 is 17.8 Å². The van der Waals surface area contributed by atoms with Gasteiger partial charge in [-0.1, -0.05) is 0 Å². The summed E-state index contributed by atoms with van der Waals surface area (Å²) < 4.78 is 14.3. The van der Waals surface area contributed by atoms with E-state index in [9.17, 15) is 19.5 Å². The van der Waals surface area contributed by atoms with Crippen molar-refractivity contribution in [3.05, 3.63) is 0 Å². The summed E-state index contributed by atoms with van der Waals surface area (Å²) in [6.07, 6.45) is 0. The molecule has 8 nitrogen and oxygen atoms in total. The van der Waals surface area contributed by atoms with E-state index < -0.39 is 35.7 Å². The van der Waals surface area contributed by atoms with Crippen molar-refractivity contribution in [2.24, 2.45) is 0 Å². The van der Waals surface area contributed by atoms with E-state index in [1.54, 1.807) is 0 Å². The lowest BCUT2D eigenvalue weighted by Crippen LogP contribution is -2.63. The van der Waals surface area contributed by atoms with Crippen LogP contribution in [0.15, 0.2) is 0 Å². The third-order valence-electron chi connectivity index (χ3n) is 2.99. The van der Waals surface area contributed by atoms with E-state index in [1.807, 2.05) is 0 Å². The minimum Gasteiger partial charge on any atom is -0.466 e. The first-order valence-corrected chi connectivity index (χ1v) is 5.04. The standard InChI is InChI=1S/C10H15NO7/c1-6(12)11-5-9(17-3,18-4)10(15,7(11)13)8(14)16-2/h15H,5H2,1-4H3. The second kappa shape index (κ2) is 4.63. The highest BCUT2D eigenvalue weighted by Gasteiger charge is 2.71. The minimum absolute atomic E-state index is 0.403. The monoisotopic (exact) mass is 261 g/mol. The molecule has 1 saturated heterocycles. The molecule has 2 amide bonds. The first-order chi connectivity index (χ1) is 8.30. The molecule has 1 aliphatic rings. The van der Waals surface area contributed by atoms with Gasteiger partial charge in [0.2, 0.25) is 11.7 Å². The second-order valence-electron chi connectivity index (χ2n) is 3.77. The Kier molecular flexibility index (Phi) is 3.75. The van der Waals surface area contributed by atoms with Gasteiger partial charge in [-0.25, -0.2) is 4.79 Å². The molecule has 1 rings (SSSR count). The summed E-state index contributed by atoms with van der Waals surface area (Å²) in [6.45, 7) is 0.719. The molecule has 1 aliphatic heterocycles. The largest absolute Gasteiger partial charge is 0.466 e. The van der Waals surface area contributed by atoms with Crippen LogP contribution >= 0.6 is 0 Å². The molecule has 0 radical (unpaired) electrons. The Bertz CT molecular complexity index is 390. The summed E-state index contributed by atoms with van der Waals surface area (Å²) >= 11 is 0. The van der Waals surface area contributed by atoms with E-state index >= 15 is 0 Å². The lowest BCUT2D eigenvalue weighted by Gasteiger charge is -2.33. The van der Waals surface area contributed by atoms with Crippen LogP contribution in [0.3, 0.4) is 0 Å². The van der Waals surface area contributed by atoms with E-state index in [-0.39, 0.29) is 0 Å². The van der Waals surface area contributed by atoms with Gasteiger partial charge in [-0.15, -0.1) is 0 Å². The number of amides is 2. The number of carbonyl (C=O) groups excluding carboxylic acids is 3. The van der Waals surface area contributed by atoms with Crippen LogP contribution < -0.4 is 0 Å². The Hall–Kier alpha value is -1.51. The Labute approximate surface area is 103 Å². The van der Waals surface area contributed by atoms with Gasteiger partial charge >= 0.3 is 5.97 Å². The molecule has 0 saturated carbocycles. The zero-order chi connectivity index (χ0) is 14.1. The summed E-state index contributed by atoms with van der Waals surface area (Å²) in [5, 5.41) is 10.3. The van der Waals surface area contributed by atoms with Crippen LogP contribution in [-0.4, -0.2) is 67.1 Å². The SMILES string of the molecule is COC(=O)C1(O)C(=O)N(C(C)=O)CC1(OC)OC. The van der Waals surface area contributed by atoms with E-state index in [0.29, 0.717) is 4.90 Å². The number of hydrogen-bond donors (Lipinski definition) is 1. The van der Waals surface area contributed by atoms with Gasteiger partial charge in [0.05, 0.1) is 13.7 Å². The molecular formula is C10H15NO7. The molecule has 8 heteroatoms. The zero-order valence-corrected chi connectivity index (χ0v) is 10.6. The van der Waals surface area contributed by atoms with Crippen molar-refractivity contribution in [2.75, 3.05) is 27.9 Å². The third-order valence-corrected chi connectivity index (χ3v) is 2.99. The van der Waals surface area contributed by atoms with Gasteiger partial charge in [0.15, 0.2) is 0 Å². The Balaban J connectivity index is 3.37. The van der Waals surface area contributed by atoms with Crippen molar-refractivity contribution in [1.82, 2.24) is 4.90 Å². The highest BCUT2D eigenvalue weighted by Crippen LogP contribution is 2.37. The molecule has 1 N–H and O–H groups in total. The Morgan fingerprint density at radius 3 is 2.11 bits per heavy atom. The van der Waals surface area contributed by atoms with Gasteiger partial charge in [-0.3, -0.25) is 14.5 Å². The lowest BCUT2D eigenvalue weighted by atomic mass is 9.95. The molecule has 102 valence electrons. The van der Waals surface area contributed by atoms with Gasteiger partial charge in [0.1, 0.15) is 0 Å². The average molecular weight is 261 g/mol. The van der Waals surface area contributed by atoms with Gasteiger partial charge in [0, 0.05) is 21.1 Å². The van der Waals surface area contributed by atoms with Crippen molar-refractivity contribution in [3.63, 3.8) is 0 Å². The fraction of sp³-hybridized carbons (Fsp3) is 0.700. The van der Waals surface area contributed by atoms with Crippen LogP contribution in [0.1, 0.15) is 6.92 Å². The molecule has 0 aromatic carbocycles. The number of ether oxygens (including phenoxy) is 3. The Morgan fingerprint density at radius 1 is 1.28 bits per heavy atom. The van der Waals surface area contributed by atoms with Crippen LogP contribution in [0.5, 0.6) is 0 Å². The molecule has 0 aromatic heterocycles. The summed E-state index contributed by atoms with van der Waals surface area (Å²) in [7, 11) is 3.29. The van der Waals surface area contributed by atoms with Crippen molar-refractivity contribution in [2.45, 2.75) is 18.3 Å². The number of esters is 1.